The number of aryl methyl sites for hydroxylation is 1. The van der Waals surface area contributed by atoms with Crippen LogP contribution in [-0.2, 0) is 20.9 Å². The van der Waals surface area contributed by atoms with E-state index in [4.69, 9.17) is 9.47 Å². The van der Waals surface area contributed by atoms with Crippen molar-refractivity contribution in [3.8, 4) is 16.9 Å². The molecule has 1 aromatic carbocycles. The van der Waals surface area contributed by atoms with E-state index in [0.717, 1.165) is 40.8 Å². The van der Waals surface area contributed by atoms with Crippen LogP contribution in [0, 0.1) is 12.8 Å². The monoisotopic (exact) mass is 436 g/mol. The van der Waals surface area contributed by atoms with E-state index in [2.05, 4.69) is 10.1 Å². The predicted molar refractivity (Wildman–Crippen MR) is 120 cm³/mol. The van der Waals surface area contributed by atoms with E-state index < -0.39 is 0 Å². The number of nitrogens with zero attached hydrogens (tertiary/aromatic N) is 4. The van der Waals surface area contributed by atoms with Crippen molar-refractivity contribution < 1.29 is 19.1 Å². The van der Waals surface area contributed by atoms with Gasteiger partial charge in [-0.05, 0) is 56.0 Å². The number of piperidine rings is 1. The molecular formula is C24H28N4O4. The number of carbonyl (C=O) groups is 2. The number of rotatable bonds is 6. The average Bonchev–Trinajstić information content (AvgIpc) is 3.14. The molecule has 8 nitrogen and oxygen atoms in total. The first-order valence-electron chi connectivity index (χ1n) is 10.9. The Morgan fingerprint density at radius 2 is 1.97 bits per heavy atom. The Bertz CT molecular complexity index is 1120. The van der Waals surface area contributed by atoms with Gasteiger partial charge >= 0.3 is 5.97 Å². The lowest BCUT2D eigenvalue weighted by molar-refractivity contribution is -0.151. The molecule has 1 fully saturated rings. The van der Waals surface area contributed by atoms with Gasteiger partial charge in [-0.3, -0.25) is 9.59 Å². The minimum atomic E-state index is -0.261. The van der Waals surface area contributed by atoms with Crippen molar-refractivity contribution in [2.75, 3.05) is 26.8 Å². The second-order valence-electron chi connectivity index (χ2n) is 7.96. The van der Waals surface area contributed by atoms with E-state index >= 15 is 0 Å². The van der Waals surface area contributed by atoms with Crippen LogP contribution in [-0.4, -0.2) is 58.3 Å². The Morgan fingerprint density at radius 1 is 1.19 bits per heavy atom. The minimum absolute atomic E-state index is 0.0694. The Balaban J connectivity index is 1.57. The third-order valence-corrected chi connectivity index (χ3v) is 5.89. The minimum Gasteiger partial charge on any atom is -0.497 e. The van der Waals surface area contributed by atoms with Crippen LogP contribution in [0.1, 0.15) is 25.5 Å². The van der Waals surface area contributed by atoms with Crippen molar-refractivity contribution in [3.63, 3.8) is 0 Å². The summed E-state index contributed by atoms with van der Waals surface area (Å²) in [6, 6.07) is 9.79. The van der Waals surface area contributed by atoms with Gasteiger partial charge in [-0.2, -0.15) is 5.10 Å². The average molecular weight is 437 g/mol. The highest BCUT2D eigenvalue weighted by Gasteiger charge is 2.30. The molecule has 4 rings (SSSR count). The van der Waals surface area contributed by atoms with Gasteiger partial charge in [0.25, 0.3) is 0 Å². The molecule has 3 heterocycles. The summed E-state index contributed by atoms with van der Waals surface area (Å²) in [7, 11) is 1.64. The molecule has 32 heavy (non-hydrogen) atoms. The summed E-state index contributed by atoms with van der Waals surface area (Å²) < 4.78 is 12.1. The quantitative estimate of drug-likeness (QED) is 0.552. The first-order valence-corrected chi connectivity index (χ1v) is 10.9. The van der Waals surface area contributed by atoms with Gasteiger partial charge in [0.2, 0.25) is 5.91 Å². The summed E-state index contributed by atoms with van der Waals surface area (Å²) in [5.74, 6) is 0.236. The van der Waals surface area contributed by atoms with Gasteiger partial charge in [0.15, 0.2) is 5.65 Å². The van der Waals surface area contributed by atoms with Crippen LogP contribution >= 0.6 is 0 Å². The second-order valence-corrected chi connectivity index (χ2v) is 7.96. The highest BCUT2D eigenvalue weighted by Crippen LogP contribution is 2.31. The molecule has 1 aliphatic heterocycles. The summed E-state index contributed by atoms with van der Waals surface area (Å²) in [5, 5.41) is 5.54. The number of amides is 1. The molecule has 1 saturated heterocycles. The summed E-state index contributed by atoms with van der Waals surface area (Å²) in [6.07, 6.45) is 3.27. The number of hydrogen-bond donors (Lipinski definition) is 0. The van der Waals surface area contributed by atoms with Gasteiger partial charge in [-0.25, -0.2) is 9.67 Å². The predicted octanol–water partition coefficient (Wildman–Crippen LogP) is 3.22. The molecule has 1 unspecified atom stereocenters. The van der Waals surface area contributed by atoms with Crippen molar-refractivity contribution >= 4 is 22.9 Å². The molecule has 8 heteroatoms. The largest absolute Gasteiger partial charge is 0.497 e. The van der Waals surface area contributed by atoms with E-state index in [1.54, 1.807) is 29.8 Å². The Morgan fingerprint density at radius 3 is 2.69 bits per heavy atom. The lowest BCUT2D eigenvalue weighted by Gasteiger charge is -2.31. The van der Waals surface area contributed by atoms with Gasteiger partial charge in [0, 0.05) is 24.7 Å². The lowest BCUT2D eigenvalue weighted by Crippen LogP contribution is -2.44. The third-order valence-electron chi connectivity index (χ3n) is 5.89. The number of methoxy groups -OCH3 is 1. The summed E-state index contributed by atoms with van der Waals surface area (Å²) in [5.41, 5.74) is 3.52. The molecule has 2 aromatic heterocycles. The summed E-state index contributed by atoms with van der Waals surface area (Å²) >= 11 is 0. The van der Waals surface area contributed by atoms with Gasteiger partial charge < -0.3 is 14.4 Å². The molecular weight excluding hydrogens is 408 g/mol. The van der Waals surface area contributed by atoms with Crippen LogP contribution in [0.2, 0.25) is 0 Å². The second kappa shape index (κ2) is 9.38. The molecule has 1 atom stereocenters. The number of likely N-dealkylation sites (tertiary alicyclic amines) is 1. The van der Waals surface area contributed by atoms with Crippen molar-refractivity contribution in [3.05, 3.63) is 42.2 Å². The lowest BCUT2D eigenvalue weighted by atomic mass is 9.98. The number of pyridine rings is 1. The van der Waals surface area contributed by atoms with E-state index in [9.17, 15) is 9.59 Å². The Kier molecular flexibility index (Phi) is 6.39. The van der Waals surface area contributed by atoms with Crippen LogP contribution in [0.4, 0.5) is 0 Å². The van der Waals surface area contributed by atoms with Crippen LogP contribution in [0.5, 0.6) is 5.75 Å². The Labute approximate surface area is 187 Å². The number of benzene rings is 1. The first kappa shape index (κ1) is 21.8. The van der Waals surface area contributed by atoms with Crippen LogP contribution in [0.3, 0.4) is 0 Å². The molecule has 0 saturated carbocycles. The molecule has 168 valence electrons. The zero-order valence-electron chi connectivity index (χ0n) is 18.7. The zero-order valence-corrected chi connectivity index (χ0v) is 18.7. The number of aromatic nitrogens is 3. The highest BCUT2D eigenvalue weighted by molar-refractivity contribution is 5.95. The SMILES string of the molecule is CCOC(=O)C1CCCN(C(=O)Cn2nc(C)c3c(-c4ccc(OC)cc4)ccnc32)C1. The van der Waals surface area contributed by atoms with E-state index in [1.807, 2.05) is 37.3 Å². The molecule has 0 spiro atoms. The van der Waals surface area contributed by atoms with Gasteiger partial charge in [-0.1, -0.05) is 12.1 Å². The van der Waals surface area contributed by atoms with Crippen molar-refractivity contribution in [2.24, 2.45) is 5.92 Å². The third kappa shape index (κ3) is 4.30. The molecule has 1 aliphatic rings. The van der Waals surface area contributed by atoms with Crippen LogP contribution in [0.25, 0.3) is 22.2 Å². The molecule has 3 aromatic rings. The number of esters is 1. The Hall–Kier alpha value is -3.42. The molecule has 0 N–H and O–H groups in total. The smallest absolute Gasteiger partial charge is 0.310 e. The number of carbonyl (C=O) groups excluding carboxylic acids is 2. The number of hydrogen-bond acceptors (Lipinski definition) is 6. The maximum Gasteiger partial charge on any atom is 0.310 e. The molecule has 1 amide bonds. The topological polar surface area (TPSA) is 86.6 Å². The fourth-order valence-electron chi connectivity index (χ4n) is 4.29. The highest BCUT2D eigenvalue weighted by atomic mass is 16.5. The standard InChI is InChI=1S/C24H28N4O4/c1-4-32-24(30)18-6-5-13-27(14-18)21(29)15-28-23-22(16(2)26-28)20(11-12-25-23)17-7-9-19(31-3)10-8-17/h7-12,18H,4-6,13-15H2,1-3H3. The maximum absolute atomic E-state index is 13.0. The van der Waals surface area contributed by atoms with E-state index in [0.29, 0.717) is 25.3 Å². The number of fused-ring (bicyclic) bond motifs is 1. The van der Waals surface area contributed by atoms with E-state index in [1.165, 1.54) is 0 Å². The van der Waals surface area contributed by atoms with Gasteiger partial charge in [0.05, 0.1) is 25.3 Å². The summed E-state index contributed by atoms with van der Waals surface area (Å²) in [6.45, 7) is 5.18. The van der Waals surface area contributed by atoms with Crippen molar-refractivity contribution in [1.29, 1.82) is 0 Å². The molecule has 0 radical (unpaired) electrons. The van der Waals surface area contributed by atoms with Crippen LogP contribution < -0.4 is 4.74 Å². The van der Waals surface area contributed by atoms with Crippen molar-refractivity contribution in [1.82, 2.24) is 19.7 Å². The molecule has 0 aliphatic carbocycles. The normalized spacial score (nSPS) is 16.2. The van der Waals surface area contributed by atoms with Gasteiger partial charge in [-0.15, -0.1) is 0 Å². The summed E-state index contributed by atoms with van der Waals surface area (Å²) in [4.78, 5) is 31.4. The fourth-order valence-corrected chi connectivity index (χ4v) is 4.29. The number of ether oxygens (including phenoxy) is 2. The van der Waals surface area contributed by atoms with Crippen molar-refractivity contribution in [2.45, 2.75) is 33.2 Å². The van der Waals surface area contributed by atoms with E-state index in [-0.39, 0.29) is 24.3 Å². The fraction of sp³-hybridized carbons (Fsp3) is 0.417. The van der Waals surface area contributed by atoms with Crippen LogP contribution in [0.15, 0.2) is 36.5 Å². The molecule has 0 bridgehead atoms. The maximum atomic E-state index is 13.0. The zero-order chi connectivity index (χ0) is 22.7. The van der Waals surface area contributed by atoms with Gasteiger partial charge in [0.1, 0.15) is 12.3 Å². The first-order chi connectivity index (χ1) is 15.5.